The van der Waals surface area contributed by atoms with E-state index in [0.29, 0.717) is 5.92 Å². The number of alkyl halides is 1. The Morgan fingerprint density at radius 2 is 1.59 bits per heavy atom. The van der Waals surface area contributed by atoms with E-state index in [1.165, 1.54) is 17.5 Å². The van der Waals surface area contributed by atoms with Gasteiger partial charge in [0.05, 0.1) is 4.87 Å². The number of hydrogen-bond acceptors (Lipinski definition) is 0. The summed E-state index contributed by atoms with van der Waals surface area (Å²) in [5, 5.41) is 0. The third kappa shape index (κ3) is 4.03. The summed E-state index contributed by atoms with van der Waals surface area (Å²) in [7, 11) is 0. The van der Waals surface area contributed by atoms with Crippen molar-refractivity contribution >= 4 is 11.6 Å². The number of halogens is 1. The minimum absolute atomic E-state index is 0.215. The molecule has 0 spiro atoms. The predicted octanol–water partition coefficient (Wildman–Crippen LogP) is 5.48. The highest BCUT2D eigenvalue weighted by molar-refractivity contribution is 6.23. The first-order chi connectivity index (χ1) is 7.63. The van der Waals surface area contributed by atoms with Crippen LogP contribution < -0.4 is 0 Å². The van der Waals surface area contributed by atoms with Crippen molar-refractivity contribution in [2.75, 3.05) is 0 Å². The molecule has 17 heavy (non-hydrogen) atoms. The zero-order chi connectivity index (χ0) is 13.3. The number of benzene rings is 1. The van der Waals surface area contributed by atoms with E-state index in [0.717, 1.165) is 0 Å². The summed E-state index contributed by atoms with van der Waals surface area (Å²) < 4.78 is 0. The molecule has 0 radical (unpaired) electrons. The van der Waals surface area contributed by atoms with Gasteiger partial charge < -0.3 is 0 Å². The summed E-state index contributed by atoms with van der Waals surface area (Å²) >= 11 is 6.39. The second kappa shape index (κ2) is 5.02. The number of hydrogen-bond donors (Lipinski definition) is 0. The zero-order valence-corrected chi connectivity index (χ0v) is 12.7. The Bertz CT molecular complexity index is 369. The van der Waals surface area contributed by atoms with Crippen molar-refractivity contribution in [3.05, 3.63) is 35.4 Å². The second-order valence-corrected chi connectivity index (χ2v) is 7.48. The van der Waals surface area contributed by atoms with Crippen LogP contribution in [-0.2, 0) is 10.3 Å². The van der Waals surface area contributed by atoms with Gasteiger partial charge in [-0.05, 0) is 42.7 Å². The van der Waals surface area contributed by atoms with Crippen molar-refractivity contribution in [2.45, 2.75) is 58.3 Å². The third-order valence-electron chi connectivity index (χ3n) is 3.25. The Balaban J connectivity index is 3.07. The van der Waals surface area contributed by atoms with E-state index in [2.05, 4.69) is 52.0 Å². The lowest BCUT2D eigenvalue weighted by Gasteiger charge is -2.29. The summed E-state index contributed by atoms with van der Waals surface area (Å²) in [6, 6.07) is 8.71. The first-order valence-corrected chi connectivity index (χ1v) is 6.80. The van der Waals surface area contributed by atoms with Gasteiger partial charge in [0.25, 0.3) is 0 Å². The van der Waals surface area contributed by atoms with Gasteiger partial charge in [-0.2, -0.15) is 0 Å². The Kier molecular flexibility index (Phi) is 4.30. The molecular formula is C16H25Cl. The summed E-state index contributed by atoms with van der Waals surface area (Å²) in [4.78, 5) is -0.288. The van der Waals surface area contributed by atoms with E-state index in [4.69, 9.17) is 11.6 Å². The van der Waals surface area contributed by atoms with Gasteiger partial charge in [0.15, 0.2) is 0 Å². The maximum Gasteiger partial charge on any atom is 0.0638 e. The quantitative estimate of drug-likeness (QED) is 0.622. The standard InChI is InChI=1S/C16H25Cl/c1-12(2)11-15(3,4)13-8-7-9-14(10-13)16(5,6)17/h7-10,12H,11H2,1-6H3. The average Bonchev–Trinajstić information content (AvgIpc) is 2.14. The molecule has 1 heteroatoms. The summed E-state index contributed by atoms with van der Waals surface area (Å²) in [5.41, 5.74) is 2.80. The monoisotopic (exact) mass is 252 g/mol. The van der Waals surface area contributed by atoms with Crippen molar-refractivity contribution < 1.29 is 0 Å². The fourth-order valence-electron chi connectivity index (χ4n) is 2.45. The summed E-state index contributed by atoms with van der Waals surface area (Å²) in [6.45, 7) is 13.3. The van der Waals surface area contributed by atoms with Crippen molar-refractivity contribution in [1.82, 2.24) is 0 Å². The lowest BCUT2D eigenvalue weighted by atomic mass is 9.77. The predicted molar refractivity (Wildman–Crippen MR) is 77.8 cm³/mol. The zero-order valence-electron chi connectivity index (χ0n) is 12.0. The van der Waals surface area contributed by atoms with Gasteiger partial charge in [0, 0.05) is 0 Å². The molecule has 0 aromatic heterocycles. The normalized spacial score (nSPS) is 13.2. The van der Waals surface area contributed by atoms with Gasteiger partial charge in [-0.25, -0.2) is 0 Å². The van der Waals surface area contributed by atoms with Crippen molar-refractivity contribution in [3.63, 3.8) is 0 Å². The highest BCUT2D eigenvalue weighted by Gasteiger charge is 2.24. The molecule has 0 fully saturated rings. The molecule has 96 valence electrons. The van der Waals surface area contributed by atoms with Gasteiger partial charge in [0.2, 0.25) is 0 Å². The van der Waals surface area contributed by atoms with Gasteiger partial charge in [-0.15, -0.1) is 11.6 Å². The molecule has 0 bridgehead atoms. The van der Waals surface area contributed by atoms with Crippen LogP contribution in [0.2, 0.25) is 0 Å². The number of rotatable bonds is 4. The molecule has 0 aliphatic heterocycles. The maximum atomic E-state index is 6.39. The van der Waals surface area contributed by atoms with Crippen LogP contribution in [0.3, 0.4) is 0 Å². The molecule has 0 amide bonds. The molecule has 1 aromatic carbocycles. The minimum Gasteiger partial charge on any atom is -0.115 e. The molecule has 0 atom stereocenters. The Morgan fingerprint density at radius 1 is 1.06 bits per heavy atom. The van der Waals surface area contributed by atoms with E-state index in [9.17, 15) is 0 Å². The van der Waals surface area contributed by atoms with Gasteiger partial charge in [-0.1, -0.05) is 52.0 Å². The first-order valence-electron chi connectivity index (χ1n) is 6.43. The average molecular weight is 253 g/mol. The van der Waals surface area contributed by atoms with E-state index in [-0.39, 0.29) is 10.3 Å². The summed E-state index contributed by atoms with van der Waals surface area (Å²) in [6.07, 6.45) is 1.19. The maximum absolute atomic E-state index is 6.39. The van der Waals surface area contributed by atoms with Crippen molar-refractivity contribution in [2.24, 2.45) is 5.92 Å². The topological polar surface area (TPSA) is 0 Å². The fourth-order valence-corrected chi connectivity index (χ4v) is 2.57. The molecule has 0 aliphatic carbocycles. The lowest BCUT2D eigenvalue weighted by molar-refractivity contribution is 0.399. The molecule has 0 unspecified atom stereocenters. The van der Waals surface area contributed by atoms with E-state index < -0.39 is 0 Å². The minimum atomic E-state index is -0.288. The SMILES string of the molecule is CC(C)CC(C)(C)c1cccc(C(C)(C)Cl)c1. The van der Waals surface area contributed by atoms with Crippen LogP contribution in [0, 0.1) is 5.92 Å². The summed E-state index contributed by atoms with van der Waals surface area (Å²) in [5.74, 6) is 0.706. The molecule has 0 saturated heterocycles. The molecule has 0 heterocycles. The first kappa shape index (κ1) is 14.6. The molecule has 0 N–H and O–H groups in total. The molecule has 0 nitrogen and oxygen atoms in total. The van der Waals surface area contributed by atoms with Crippen LogP contribution >= 0.6 is 11.6 Å². The van der Waals surface area contributed by atoms with Crippen LogP contribution in [0.1, 0.15) is 59.1 Å². The molecule has 1 rings (SSSR count). The second-order valence-electron chi connectivity index (χ2n) is 6.54. The van der Waals surface area contributed by atoms with E-state index in [1.54, 1.807) is 0 Å². The highest BCUT2D eigenvalue weighted by Crippen LogP contribution is 2.34. The van der Waals surface area contributed by atoms with Gasteiger partial charge in [-0.3, -0.25) is 0 Å². The molecule has 0 aliphatic rings. The van der Waals surface area contributed by atoms with Crippen LogP contribution in [-0.4, -0.2) is 0 Å². The van der Waals surface area contributed by atoms with Gasteiger partial charge >= 0.3 is 0 Å². The van der Waals surface area contributed by atoms with Crippen LogP contribution in [0.15, 0.2) is 24.3 Å². The molecular weight excluding hydrogens is 228 g/mol. The third-order valence-corrected chi connectivity index (χ3v) is 3.47. The van der Waals surface area contributed by atoms with Crippen LogP contribution in [0.4, 0.5) is 0 Å². The Morgan fingerprint density at radius 3 is 2.06 bits per heavy atom. The highest BCUT2D eigenvalue weighted by atomic mass is 35.5. The fraction of sp³-hybridized carbons (Fsp3) is 0.625. The Labute approximate surface area is 111 Å². The Hall–Kier alpha value is -0.490. The van der Waals surface area contributed by atoms with Crippen molar-refractivity contribution in [3.8, 4) is 0 Å². The van der Waals surface area contributed by atoms with E-state index in [1.807, 2.05) is 13.8 Å². The molecule has 0 saturated carbocycles. The lowest BCUT2D eigenvalue weighted by Crippen LogP contribution is -2.20. The van der Waals surface area contributed by atoms with Crippen LogP contribution in [0.5, 0.6) is 0 Å². The van der Waals surface area contributed by atoms with E-state index >= 15 is 0 Å². The van der Waals surface area contributed by atoms with Gasteiger partial charge in [0.1, 0.15) is 0 Å². The van der Waals surface area contributed by atoms with Crippen molar-refractivity contribution in [1.29, 1.82) is 0 Å². The molecule has 1 aromatic rings. The smallest absolute Gasteiger partial charge is 0.0638 e. The largest absolute Gasteiger partial charge is 0.115 e. The van der Waals surface area contributed by atoms with Crippen LogP contribution in [0.25, 0.3) is 0 Å².